The topological polar surface area (TPSA) is 87.5 Å². The summed E-state index contributed by atoms with van der Waals surface area (Å²) >= 11 is 0. The number of methoxy groups -OCH3 is 1. The molecule has 3 rings (SSSR count). The van der Waals surface area contributed by atoms with Crippen LogP contribution in [0.5, 0.6) is 5.75 Å². The van der Waals surface area contributed by atoms with Gasteiger partial charge in [0.2, 0.25) is 5.78 Å². The number of hydrogen-bond donors (Lipinski definition) is 0. The van der Waals surface area contributed by atoms with Gasteiger partial charge in [-0.3, -0.25) is 19.1 Å². The van der Waals surface area contributed by atoms with Gasteiger partial charge in [-0.25, -0.2) is 0 Å². The maximum absolute atomic E-state index is 13.0. The zero-order chi connectivity index (χ0) is 21.9. The summed E-state index contributed by atoms with van der Waals surface area (Å²) in [4.78, 5) is 38.2. The fraction of sp³-hybridized carbons (Fsp3) is 0.304. The Bertz CT molecular complexity index is 1100. The lowest BCUT2D eigenvalue weighted by molar-refractivity contribution is -0.158. The van der Waals surface area contributed by atoms with E-state index in [1.54, 1.807) is 49.4 Å². The lowest BCUT2D eigenvalue weighted by Crippen LogP contribution is -2.37. The van der Waals surface area contributed by atoms with Crippen LogP contribution in [0.3, 0.4) is 0 Å². The van der Waals surface area contributed by atoms with Crippen LogP contribution in [0, 0.1) is 5.41 Å². The standard InChI is InChI=1S/C23H24N2O5/c1-5-30-22(28)23(2,3)19(26)14-25-18-13-16(29-4)11-12-17(18)20(24-25)21(27)15-9-7-6-8-10-15/h6-13H,5,14H2,1-4H3. The first-order valence-electron chi connectivity index (χ1n) is 9.64. The Morgan fingerprint density at radius 2 is 1.77 bits per heavy atom. The van der Waals surface area contributed by atoms with Crippen molar-refractivity contribution < 1.29 is 23.9 Å². The monoisotopic (exact) mass is 408 g/mol. The van der Waals surface area contributed by atoms with Crippen LogP contribution in [-0.4, -0.2) is 41.0 Å². The van der Waals surface area contributed by atoms with Crippen molar-refractivity contribution in [3.63, 3.8) is 0 Å². The van der Waals surface area contributed by atoms with E-state index in [-0.39, 0.29) is 30.4 Å². The van der Waals surface area contributed by atoms with E-state index >= 15 is 0 Å². The summed E-state index contributed by atoms with van der Waals surface area (Å²) < 4.78 is 11.8. The van der Waals surface area contributed by atoms with Crippen LogP contribution in [0.15, 0.2) is 48.5 Å². The van der Waals surface area contributed by atoms with E-state index in [0.717, 1.165) is 0 Å². The summed E-state index contributed by atoms with van der Waals surface area (Å²) in [7, 11) is 1.53. The van der Waals surface area contributed by atoms with E-state index < -0.39 is 11.4 Å². The van der Waals surface area contributed by atoms with Gasteiger partial charge in [0.15, 0.2) is 5.78 Å². The zero-order valence-electron chi connectivity index (χ0n) is 17.5. The van der Waals surface area contributed by atoms with Gasteiger partial charge >= 0.3 is 5.97 Å². The van der Waals surface area contributed by atoms with Gasteiger partial charge in [-0.1, -0.05) is 30.3 Å². The van der Waals surface area contributed by atoms with E-state index in [1.807, 2.05) is 6.07 Å². The van der Waals surface area contributed by atoms with E-state index in [1.165, 1.54) is 25.6 Å². The Kier molecular flexibility index (Phi) is 6.01. The van der Waals surface area contributed by atoms with Crippen LogP contribution in [0.1, 0.15) is 36.8 Å². The summed E-state index contributed by atoms with van der Waals surface area (Å²) in [5.41, 5.74) is -0.0307. The van der Waals surface area contributed by atoms with Gasteiger partial charge in [0.05, 0.1) is 19.2 Å². The van der Waals surface area contributed by atoms with Crippen molar-refractivity contribution in [1.82, 2.24) is 9.78 Å². The Balaban J connectivity index is 2.05. The van der Waals surface area contributed by atoms with E-state index in [0.29, 0.717) is 22.2 Å². The highest BCUT2D eigenvalue weighted by Gasteiger charge is 2.37. The quantitative estimate of drug-likeness (QED) is 0.322. The molecule has 0 unspecified atom stereocenters. The summed E-state index contributed by atoms with van der Waals surface area (Å²) in [5.74, 6) is -0.641. The Labute approximate surface area is 174 Å². The third-order valence-electron chi connectivity index (χ3n) is 4.99. The molecule has 0 aliphatic carbocycles. The first-order chi connectivity index (χ1) is 14.3. The Morgan fingerprint density at radius 1 is 1.07 bits per heavy atom. The molecule has 0 atom stereocenters. The zero-order valence-corrected chi connectivity index (χ0v) is 17.5. The second kappa shape index (κ2) is 8.49. The van der Waals surface area contributed by atoms with Gasteiger partial charge in [-0.05, 0) is 32.9 Å². The van der Waals surface area contributed by atoms with E-state index in [2.05, 4.69) is 5.10 Å². The van der Waals surface area contributed by atoms with Crippen LogP contribution in [-0.2, 0) is 20.9 Å². The number of nitrogens with zero attached hydrogens (tertiary/aromatic N) is 2. The molecular weight excluding hydrogens is 384 g/mol. The Hall–Kier alpha value is -3.48. The molecule has 3 aromatic rings. The second-order valence-electron chi connectivity index (χ2n) is 7.35. The fourth-order valence-corrected chi connectivity index (χ4v) is 3.05. The highest BCUT2D eigenvalue weighted by molar-refractivity contribution is 6.15. The second-order valence-corrected chi connectivity index (χ2v) is 7.35. The van der Waals surface area contributed by atoms with Crippen LogP contribution >= 0.6 is 0 Å². The number of Topliss-reactive ketones (excluding diaryl/α,β-unsaturated/α-hetero) is 1. The van der Waals surface area contributed by atoms with Crippen molar-refractivity contribution in [2.45, 2.75) is 27.3 Å². The number of esters is 1. The van der Waals surface area contributed by atoms with Gasteiger partial charge in [-0.15, -0.1) is 0 Å². The molecular formula is C23H24N2O5. The smallest absolute Gasteiger partial charge is 0.319 e. The molecule has 1 aromatic heterocycles. The van der Waals surface area contributed by atoms with E-state index in [9.17, 15) is 14.4 Å². The lowest BCUT2D eigenvalue weighted by Gasteiger charge is -2.20. The third kappa shape index (κ3) is 3.96. The predicted molar refractivity (Wildman–Crippen MR) is 112 cm³/mol. The van der Waals surface area contributed by atoms with Crippen LogP contribution < -0.4 is 4.74 Å². The molecule has 0 spiro atoms. The molecule has 7 nitrogen and oxygen atoms in total. The fourth-order valence-electron chi connectivity index (χ4n) is 3.05. The number of hydrogen-bond acceptors (Lipinski definition) is 6. The Morgan fingerprint density at radius 3 is 2.40 bits per heavy atom. The molecule has 7 heteroatoms. The molecule has 0 aliphatic rings. The molecule has 156 valence electrons. The lowest BCUT2D eigenvalue weighted by atomic mass is 9.88. The number of fused-ring (bicyclic) bond motifs is 1. The first-order valence-corrected chi connectivity index (χ1v) is 9.64. The number of ether oxygens (including phenoxy) is 2. The highest BCUT2D eigenvalue weighted by atomic mass is 16.5. The van der Waals surface area contributed by atoms with Crippen molar-refractivity contribution in [3.8, 4) is 5.75 Å². The average Bonchev–Trinajstić information content (AvgIpc) is 3.11. The molecule has 0 saturated carbocycles. The highest BCUT2D eigenvalue weighted by Crippen LogP contribution is 2.27. The van der Waals surface area contributed by atoms with Crippen molar-refractivity contribution in [2.24, 2.45) is 5.41 Å². The summed E-state index contributed by atoms with van der Waals surface area (Å²) in [5, 5.41) is 5.04. The summed E-state index contributed by atoms with van der Waals surface area (Å²) in [6, 6.07) is 14.0. The molecule has 0 N–H and O–H groups in total. The van der Waals surface area contributed by atoms with Crippen LogP contribution in [0.25, 0.3) is 10.9 Å². The molecule has 30 heavy (non-hydrogen) atoms. The molecule has 1 heterocycles. The maximum Gasteiger partial charge on any atom is 0.319 e. The molecule has 0 aliphatic heterocycles. The third-order valence-corrected chi connectivity index (χ3v) is 4.99. The van der Waals surface area contributed by atoms with Gasteiger partial charge in [-0.2, -0.15) is 5.10 Å². The number of benzene rings is 2. The van der Waals surface area contributed by atoms with Gasteiger partial charge in [0, 0.05) is 17.0 Å². The number of ketones is 2. The van der Waals surface area contributed by atoms with Crippen molar-refractivity contribution in [1.29, 1.82) is 0 Å². The normalized spacial score (nSPS) is 11.3. The van der Waals surface area contributed by atoms with Crippen LogP contribution in [0.4, 0.5) is 0 Å². The number of carbonyl (C=O) groups is 3. The first kappa shape index (κ1) is 21.2. The average molecular weight is 408 g/mol. The van der Waals surface area contributed by atoms with Crippen molar-refractivity contribution >= 4 is 28.4 Å². The van der Waals surface area contributed by atoms with Crippen molar-refractivity contribution in [2.75, 3.05) is 13.7 Å². The number of aromatic nitrogens is 2. The SMILES string of the molecule is CCOC(=O)C(C)(C)C(=O)Cn1nc(C(=O)c2ccccc2)c2ccc(OC)cc21. The van der Waals surface area contributed by atoms with Crippen LogP contribution in [0.2, 0.25) is 0 Å². The van der Waals surface area contributed by atoms with E-state index in [4.69, 9.17) is 9.47 Å². The number of rotatable bonds is 8. The summed E-state index contributed by atoms with van der Waals surface area (Å²) in [6.07, 6.45) is 0. The molecule has 0 bridgehead atoms. The number of carbonyl (C=O) groups excluding carboxylic acids is 3. The summed E-state index contributed by atoms with van der Waals surface area (Å²) in [6.45, 7) is 4.74. The molecule has 2 aromatic carbocycles. The predicted octanol–water partition coefficient (Wildman–Crippen LogP) is 3.43. The minimum atomic E-state index is -1.34. The minimum Gasteiger partial charge on any atom is -0.497 e. The maximum atomic E-state index is 13.0. The van der Waals surface area contributed by atoms with Gasteiger partial charge in [0.1, 0.15) is 23.4 Å². The molecule has 0 saturated heterocycles. The van der Waals surface area contributed by atoms with Gasteiger partial charge in [0.25, 0.3) is 0 Å². The van der Waals surface area contributed by atoms with Crippen molar-refractivity contribution in [3.05, 3.63) is 59.8 Å². The minimum absolute atomic E-state index is 0.183. The molecule has 0 radical (unpaired) electrons. The molecule has 0 fully saturated rings. The van der Waals surface area contributed by atoms with Gasteiger partial charge < -0.3 is 9.47 Å². The molecule has 0 amide bonds. The largest absolute Gasteiger partial charge is 0.497 e.